The first-order chi connectivity index (χ1) is 9.45. The zero-order chi connectivity index (χ0) is 14.7. The van der Waals surface area contributed by atoms with E-state index in [2.05, 4.69) is 37.9 Å². The standard InChI is InChI=1S/C16H19NO2S/c1-10-6-11(2)14(12(3)7-10)8-15-17-13(9-20-15)4-5-16(18)19/h6-7,9H,4-5,8H2,1-3H3,(H,18,19). The van der Waals surface area contributed by atoms with Gasteiger partial charge >= 0.3 is 5.97 Å². The summed E-state index contributed by atoms with van der Waals surface area (Å²) in [6, 6.07) is 4.39. The Bertz CT molecular complexity index is 608. The van der Waals surface area contributed by atoms with E-state index in [1.807, 2.05) is 5.38 Å². The molecule has 1 aromatic carbocycles. The lowest BCUT2D eigenvalue weighted by Crippen LogP contribution is -1.99. The van der Waals surface area contributed by atoms with Crippen LogP contribution in [0.3, 0.4) is 0 Å². The van der Waals surface area contributed by atoms with Crippen molar-refractivity contribution in [1.82, 2.24) is 4.98 Å². The van der Waals surface area contributed by atoms with Crippen LogP contribution in [0.2, 0.25) is 0 Å². The summed E-state index contributed by atoms with van der Waals surface area (Å²) in [6.45, 7) is 6.37. The van der Waals surface area contributed by atoms with Crippen molar-refractivity contribution in [3.8, 4) is 0 Å². The van der Waals surface area contributed by atoms with Gasteiger partial charge in [-0.2, -0.15) is 0 Å². The van der Waals surface area contributed by atoms with Crippen molar-refractivity contribution in [3.63, 3.8) is 0 Å². The Morgan fingerprint density at radius 1 is 1.25 bits per heavy atom. The van der Waals surface area contributed by atoms with Crippen molar-refractivity contribution in [1.29, 1.82) is 0 Å². The van der Waals surface area contributed by atoms with Gasteiger partial charge in [0, 0.05) is 18.2 Å². The lowest BCUT2D eigenvalue weighted by Gasteiger charge is -2.09. The lowest BCUT2D eigenvalue weighted by molar-refractivity contribution is -0.136. The molecule has 20 heavy (non-hydrogen) atoms. The molecule has 0 amide bonds. The molecule has 0 bridgehead atoms. The molecular weight excluding hydrogens is 270 g/mol. The van der Waals surface area contributed by atoms with Gasteiger partial charge in [0.05, 0.1) is 17.1 Å². The zero-order valence-corrected chi connectivity index (χ0v) is 12.9. The maximum atomic E-state index is 10.6. The van der Waals surface area contributed by atoms with Crippen molar-refractivity contribution in [3.05, 3.63) is 50.5 Å². The number of aromatic nitrogens is 1. The van der Waals surface area contributed by atoms with Crippen molar-refractivity contribution < 1.29 is 9.90 Å². The fraction of sp³-hybridized carbons (Fsp3) is 0.375. The van der Waals surface area contributed by atoms with Crippen molar-refractivity contribution in [2.24, 2.45) is 0 Å². The Morgan fingerprint density at radius 3 is 2.50 bits per heavy atom. The van der Waals surface area contributed by atoms with Gasteiger partial charge in [-0.25, -0.2) is 4.98 Å². The fourth-order valence-electron chi connectivity index (χ4n) is 2.42. The van der Waals surface area contributed by atoms with E-state index in [0.717, 1.165) is 17.1 Å². The van der Waals surface area contributed by atoms with Crippen LogP contribution in [0.5, 0.6) is 0 Å². The molecule has 4 heteroatoms. The van der Waals surface area contributed by atoms with Crippen LogP contribution in [0, 0.1) is 20.8 Å². The molecule has 0 atom stereocenters. The van der Waals surface area contributed by atoms with Crippen LogP contribution in [0.25, 0.3) is 0 Å². The largest absolute Gasteiger partial charge is 0.481 e. The molecule has 0 saturated carbocycles. The van der Waals surface area contributed by atoms with Crippen LogP contribution in [-0.4, -0.2) is 16.1 Å². The molecule has 0 unspecified atom stereocenters. The van der Waals surface area contributed by atoms with E-state index in [4.69, 9.17) is 5.11 Å². The zero-order valence-electron chi connectivity index (χ0n) is 12.1. The summed E-state index contributed by atoms with van der Waals surface area (Å²) < 4.78 is 0. The van der Waals surface area contributed by atoms with Crippen molar-refractivity contribution in [2.75, 3.05) is 0 Å². The third-order valence-corrected chi connectivity index (χ3v) is 4.26. The van der Waals surface area contributed by atoms with E-state index in [1.165, 1.54) is 22.3 Å². The Morgan fingerprint density at radius 2 is 1.90 bits per heavy atom. The number of hydrogen-bond donors (Lipinski definition) is 1. The molecule has 0 fully saturated rings. The SMILES string of the molecule is Cc1cc(C)c(Cc2nc(CCC(=O)O)cs2)c(C)c1. The number of carboxylic acids is 1. The van der Waals surface area contributed by atoms with E-state index < -0.39 is 5.97 Å². The molecule has 0 aliphatic carbocycles. The van der Waals surface area contributed by atoms with Crippen LogP contribution in [0.15, 0.2) is 17.5 Å². The minimum atomic E-state index is -0.773. The Labute approximate surface area is 123 Å². The predicted molar refractivity (Wildman–Crippen MR) is 81.5 cm³/mol. The molecule has 3 nitrogen and oxygen atoms in total. The predicted octanol–water partition coefficient (Wildman–Crippen LogP) is 3.68. The lowest BCUT2D eigenvalue weighted by atomic mass is 9.98. The van der Waals surface area contributed by atoms with Crippen LogP contribution in [0.1, 0.15) is 39.4 Å². The average molecular weight is 289 g/mol. The van der Waals surface area contributed by atoms with Crippen LogP contribution in [0.4, 0.5) is 0 Å². The first-order valence-corrected chi connectivity index (χ1v) is 7.55. The molecule has 2 aromatic rings. The Kier molecular flexibility index (Phi) is 4.55. The molecule has 0 aliphatic rings. The summed E-state index contributed by atoms with van der Waals surface area (Å²) in [5.41, 5.74) is 6.09. The minimum Gasteiger partial charge on any atom is -0.481 e. The first kappa shape index (κ1) is 14.7. The highest BCUT2D eigenvalue weighted by Crippen LogP contribution is 2.22. The van der Waals surface area contributed by atoms with Crippen molar-refractivity contribution >= 4 is 17.3 Å². The van der Waals surface area contributed by atoms with Gasteiger partial charge in [0.15, 0.2) is 0 Å². The Balaban J connectivity index is 2.13. The maximum absolute atomic E-state index is 10.6. The quantitative estimate of drug-likeness (QED) is 0.913. The number of aliphatic carboxylic acids is 1. The molecule has 1 aromatic heterocycles. The highest BCUT2D eigenvalue weighted by Gasteiger charge is 2.09. The van der Waals surface area contributed by atoms with Gasteiger partial charge in [0.25, 0.3) is 0 Å². The molecule has 106 valence electrons. The van der Waals surface area contributed by atoms with E-state index >= 15 is 0 Å². The van der Waals surface area contributed by atoms with Gasteiger partial charge in [0.2, 0.25) is 0 Å². The van der Waals surface area contributed by atoms with E-state index in [-0.39, 0.29) is 6.42 Å². The molecule has 0 radical (unpaired) electrons. The summed E-state index contributed by atoms with van der Waals surface area (Å²) in [4.78, 5) is 15.1. The second kappa shape index (κ2) is 6.18. The molecule has 1 N–H and O–H groups in total. The first-order valence-electron chi connectivity index (χ1n) is 6.67. The normalized spacial score (nSPS) is 10.8. The highest BCUT2D eigenvalue weighted by molar-refractivity contribution is 7.09. The van der Waals surface area contributed by atoms with E-state index in [9.17, 15) is 4.79 Å². The number of carbonyl (C=O) groups is 1. The number of nitrogens with zero attached hydrogens (tertiary/aromatic N) is 1. The third kappa shape index (κ3) is 3.67. The minimum absolute atomic E-state index is 0.145. The molecule has 2 rings (SSSR count). The number of rotatable bonds is 5. The number of thiazole rings is 1. The summed E-state index contributed by atoms with van der Waals surface area (Å²) in [6.07, 6.45) is 1.49. The Hall–Kier alpha value is -1.68. The summed E-state index contributed by atoms with van der Waals surface area (Å²) >= 11 is 1.61. The van der Waals surface area contributed by atoms with E-state index in [1.54, 1.807) is 11.3 Å². The molecule has 0 saturated heterocycles. The average Bonchev–Trinajstić information content (AvgIpc) is 2.79. The molecule has 0 spiro atoms. The van der Waals surface area contributed by atoms with Gasteiger partial charge in [-0.1, -0.05) is 17.7 Å². The van der Waals surface area contributed by atoms with Gasteiger partial charge < -0.3 is 5.11 Å². The summed E-state index contributed by atoms with van der Waals surface area (Å²) in [7, 11) is 0. The van der Waals surface area contributed by atoms with Crippen LogP contribution in [-0.2, 0) is 17.6 Å². The van der Waals surface area contributed by atoms with Crippen LogP contribution < -0.4 is 0 Å². The van der Waals surface area contributed by atoms with Gasteiger partial charge in [-0.05, 0) is 37.5 Å². The topological polar surface area (TPSA) is 50.2 Å². The highest BCUT2D eigenvalue weighted by atomic mass is 32.1. The van der Waals surface area contributed by atoms with E-state index in [0.29, 0.717) is 6.42 Å². The maximum Gasteiger partial charge on any atom is 0.303 e. The molecule has 0 aliphatic heterocycles. The molecule has 1 heterocycles. The van der Waals surface area contributed by atoms with Gasteiger partial charge in [-0.15, -0.1) is 11.3 Å². The molecular formula is C16H19NO2S. The number of hydrogen-bond acceptors (Lipinski definition) is 3. The second-order valence-electron chi connectivity index (χ2n) is 5.18. The smallest absolute Gasteiger partial charge is 0.303 e. The monoisotopic (exact) mass is 289 g/mol. The number of benzene rings is 1. The second-order valence-corrected chi connectivity index (χ2v) is 6.12. The van der Waals surface area contributed by atoms with Crippen LogP contribution >= 0.6 is 11.3 Å². The number of aryl methyl sites for hydroxylation is 4. The fourth-order valence-corrected chi connectivity index (χ4v) is 3.26. The van der Waals surface area contributed by atoms with Gasteiger partial charge in [-0.3, -0.25) is 4.79 Å². The summed E-state index contributed by atoms with van der Waals surface area (Å²) in [5, 5.41) is 11.7. The van der Waals surface area contributed by atoms with Gasteiger partial charge in [0.1, 0.15) is 0 Å². The van der Waals surface area contributed by atoms with Crippen molar-refractivity contribution in [2.45, 2.75) is 40.0 Å². The summed E-state index contributed by atoms with van der Waals surface area (Å²) in [5.74, 6) is -0.773. The number of carboxylic acid groups (broad SMARTS) is 1. The third-order valence-electron chi connectivity index (χ3n) is 3.36.